The average Bonchev–Trinajstić information content (AvgIpc) is 2.28. The molecule has 2 rings (SSSR count). The van der Waals surface area contributed by atoms with Gasteiger partial charge in [-0.15, -0.1) is 0 Å². The zero-order valence-corrected chi connectivity index (χ0v) is 12.1. The van der Waals surface area contributed by atoms with Crippen LogP contribution in [0.25, 0.3) is 0 Å². The van der Waals surface area contributed by atoms with E-state index in [1.54, 1.807) is 0 Å². The first-order chi connectivity index (χ1) is 8.55. The Morgan fingerprint density at radius 1 is 1.17 bits per heavy atom. The maximum atomic E-state index is 12.1. The van der Waals surface area contributed by atoms with Crippen LogP contribution in [0.2, 0.25) is 0 Å². The van der Waals surface area contributed by atoms with Crippen molar-refractivity contribution in [1.29, 1.82) is 0 Å². The Bertz CT molecular complexity index is 350. The molecule has 0 amide bonds. The number of piperidine rings is 1. The highest BCUT2D eigenvalue weighted by Crippen LogP contribution is 2.24. The van der Waals surface area contributed by atoms with Crippen molar-refractivity contribution in [3.05, 3.63) is 0 Å². The summed E-state index contributed by atoms with van der Waals surface area (Å²) >= 11 is 0. The van der Waals surface area contributed by atoms with Crippen LogP contribution in [0.4, 0.5) is 0 Å². The van der Waals surface area contributed by atoms with Crippen LogP contribution < -0.4 is 10.0 Å². The minimum atomic E-state index is -3.09. The van der Waals surface area contributed by atoms with Crippen molar-refractivity contribution in [2.45, 2.75) is 51.5 Å². The Labute approximate surface area is 111 Å². The molecular formula is C13H26N2O2S. The molecule has 0 aromatic carbocycles. The monoisotopic (exact) mass is 274 g/mol. The normalized spacial score (nSPS) is 31.4. The summed E-state index contributed by atoms with van der Waals surface area (Å²) in [4.78, 5) is 0. The summed E-state index contributed by atoms with van der Waals surface area (Å²) < 4.78 is 27.2. The van der Waals surface area contributed by atoms with Gasteiger partial charge in [-0.1, -0.05) is 26.2 Å². The van der Waals surface area contributed by atoms with Crippen molar-refractivity contribution in [2.24, 2.45) is 11.8 Å². The molecule has 1 aliphatic heterocycles. The molecule has 0 spiro atoms. The number of rotatable bonds is 4. The van der Waals surface area contributed by atoms with E-state index in [-0.39, 0.29) is 6.04 Å². The van der Waals surface area contributed by atoms with Crippen molar-refractivity contribution in [3.8, 4) is 0 Å². The highest BCUT2D eigenvalue weighted by Gasteiger charge is 2.26. The summed E-state index contributed by atoms with van der Waals surface area (Å²) in [6, 6.07) is 0.0855. The van der Waals surface area contributed by atoms with Crippen molar-refractivity contribution in [3.63, 3.8) is 0 Å². The van der Waals surface area contributed by atoms with Crippen molar-refractivity contribution < 1.29 is 8.42 Å². The lowest BCUT2D eigenvalue weighted by Crippen LogP contribution is -2.49. The van der Waals surface area contributed by atoms with Crippen LogP contribution >= 0.6 is 0 Å². The zero-order chi connectivity index (χ0) is 13.0. The molecule has 1 heterocycles. The maximum absolute atomic E-state index is 12.1. The maximum Gasteiger partial charge on any atom is 0.212 e. The van der Waals surface area contributed by atoms with Gasteiger partial charge in [0.15, 0.2) is 0 Å². The van der Waals surface area contributed by atoms with E-state index in [1.807, 2.05) is 0 Å². The molecule has 0 aromatic heterocycles. The molecule has 1 saturated heterocycles. The number of sulfonamides is 1. The molecule has 18 heavy (non-hydrogen) atoms. The van der Waals surface area contributed by atoms with E-state index >= 15 is 0 Å². The molecule has 2 aliphatic rings. The van der Waals surface area contributed by atoms with Crippen LogP contribution in [-0.2, 0) is 10.0 Å². The Hall–Kier alpha value is -0.130. The Morgan fingerprint density at radius 2 is 1.89 bits per heavy atom. The fourth-order valence-electron chi connectivity index (χ4n) is 3.21. The second kappa shape index (κ2) is 6.35. The summed E-state index contributed by atoms with van der Waals surface area (Å²) in [5, 5.41) is 3.28. The zero-order valence-electron chi connectivity index (χ0n) is 11.3. The topological polar surface area (TPSA) is 58.2 Å². The molecule has 0 radical (unpaired) electrons. The highest BCUT2D eigenvalue weighted by molar-refractivity contribution is 7.89. The van der Waals surface area contributed by atoms with Gasteiger partial charge in [-0.2, -0.15) is 0 Å². The lowest BCUT2D eigenvalue weighted by molar-refractivity contribution is 0.343. The second-order valence-electron chi connectivity index (χ2n) is 6.10. The van der Waals surface area contributed by atoms with Crippen molar-refractivity contribution in [2.75, 3.05) is 18.8 Å². The van der Waals surface area contributed by atoms with E-state index in [0.717, 1.165) is 32.4 Å². The fraction of sp³-hybridized carbons (Fsp3) is 1.00. The molecular weight excluding hydrogens is 248 g/mol. The van der Waals surface area contributed by atoms with Gasteiger partial charge in [0.2, 0.25) is 10.0 Å². The molecule has 4 nitrogen and oxygen atoms in total. The predicted molar refractivity (Wildman–Crippen MR) is 73.9 cm³/mol. The molecule has 1 saturated carbocycles. The largest absolute Gasteiger partial charge is 0.315 e. The molecule has 2 fully saturated rings. The molecule has 2 unspecified atom stereocenters. The van der Waals surface area contributed by atoms with Crippen LogP contribution in [0.15, 0.2) is 0 Å². The van der Waals surface area contributed by atoms with Gasteiger partial charge in [-0.05, 0) is 37.6 Å². The summed E-state index contributed by atoms with van der Waals surface area (Å²) in [6.45, 7) is 3.93. The summed E-state index contributed by atoms with van der Waals surface area (Å²) in [5.41, 5.74) is 0. The number of hydrogen-bond acceptors (Lipinski definition) is 3. The van der Waals surface area contributed by atoms with Crippen LogP contribution in [0, 0.1) is 11.8 Å². The van der Waals surface area contributed by atoms with E-state index in [4.69, 9.17) is 0 Å². The number of hydrogen-bond donors (Lipinski definition) is 2. The van der Waals surface area contributed by atoms with Crippen molar-refractivity contribution in [1.82, 2.24) is 10.0 Å². The van der Waals surface area contributed by atoms with E-state index in [0.29, 0.717) is 17.6 Å². The molecule has 2 N–H and O–H groups in total. The third-order valence-electron chi connectivity index (χ3n) is 4.10. The van der Waals surface area contributed by atoms with E-state index in [2.05, 4.69) is 17.0 Å². The van der Waals surface area contributed by atoms with Gasteiger partial charge < -0.3 is 5.32 Å². The van der Waals surface area contributed by atoms with E-state index in [1.165, 1.54) is 19.3 Å². The van der Waals surface area contributed by atoms with E-state index < -0.39 is 10.0 Å². The fourth-order valence-corrected chi connectivity index (χ4v) is 4.95. The van der Waals surface area contributed by atoms with Gasteiger partial charge in [0.05, 0.1) is 5.75 Å². The summed E-state index contributed by atoms with van der Waals surface area (Å²) in [6.07, 6.45) is 6.79. The first kappa shape index (κ1) is 14.3. The summed E-state index contributed by atoms with van der Waals surface area (Å²) in [5.74, 6) is 1.27. The molecule has 106 valence electrons. The molecule has 5 heteroatoms. The molecule has 2 atom stereocenters. The minimum absolute atomic E-state index is 0.0855. The van der Waals surface area contributed by atoms with Gasteiger partial charge >= 0.3 is 0 Å². The first-order valence-electron chi connectivity index (χ1n) is 7.26. The Morgan fingerprint density at radius 3 is 2.56 bits per heavy atom. The van der Waals surface area contributed by atoms with Gasteiger partial charge in [-0.25, -0.2) is 13.1 Å². The van der Waals surface area contributed by atoms with Gasteiger partial charge in [0.25, 0.3) is 0 Å². The third kappa shape index (κ3) is 4.52. The van der Waals surface area contributed by atoms with Crippen LogP contribution in [0.3, 0.4) is 0 Å². The van der Waals surface area contributed by atoms with Gasteiger partial charge in [0.1, 0.15) is 0 Å². The molecule has 0 bridgehead atoms. The lowest BCUT2D eigenvalue weighted by Gasteiger charge is -2.29. The SMILES string of the molecule is CC1CNCC(NS(=O)(=O)CC2CCCCC2)C1. The third-order valence-corrected chi connectivity index (χ3v) is 5.70. The molecule has 1 aliphatic carbocycles. The van der Waals surface area contributed by atoms with Crippen LogP contribution in [0.5, 0.6) is 0 Å². The molecule has 0 aromatic rings. The van der Waals surface area contributed by atoms with Gasteiger partial charge in [-0.3, -0.25) is 0 Å². The predicted octanol–water partition coefficient (Wildman–Crippen LogP) is 1.48. The number of nitrogens with one attached hydrogen (secondary N) is 2. The van der Waals surface area contributed by atoms with Crippen LogP contribution in [0.1, 0.15) is 45.4 Å². The van der Waals surface area contributed by atoms with E-state index in [9.17, 15) is 8.42 Å². The second-order valence-corrected chi connectivity index (χ2v) is 7.90. The average molecular weight is 274 g/mol. The quantitative estimate of drug-likeness (QED) is 0.816. The Balaban J connectivity index is 1.82. The lowest BCUT2D eigenvalue weighted by atomic mass is 9.91. The Kier molecular flexibility index (Phi) is 5.04. The smallest absolute Gasteiger partial charge is 0.212 e. The van der Waals surface area contributed by atoms with Crippen LogP contribution in [-0.4, -0.2) is 33.3 Å². The summed E-state index contributed by atoms with van der Waals surface area (Å²) in [7, 11) is -3.09. The van der Waals surface area contributed by atoms with Crippen molar-refractivity contribution >= 4 is 10.0 Å². The minimum Gasteiger partial charge on any atom is -0.315 e. The first-order valence-corrected chi connectivity index (χ1v) is 8.91. The standard InChI is InChI=1S/C13H26N2O2S/c1-11-7-13(9-14-8-11)15-18(16,17)10-12-5-3-2-4-6-12/h11-15H,2-10H2,1H3. The highest BCUT2D eigenvalue weighted by atomic mass is 32.2. The van der Waals surface area contributed by atoms with Gasteiger partial charge in [0, 0.05) is 12.6 Å².